The van der Waals surface area contributed by atoms with Crippen molar-refractivity contribution in [2.24, 2.45) is 0 Å². The Morgan fingerprint density at radius 3 is 1.41 bits per heavy atom. The average Bonchev–Trinajstić information content (AvgIpc) is 2.76. The van der Waals surface area contributed by atoms with Gasteiger partial charge in [0.15, 0.2) is 0 Å². The van der Waals surface area contributed by atoms with Crippen LogP contribution in [0.2, 0.25) is 0 Å². The van der Waals surface area contributed by atoms with Crippen molar-refractivity contribution in [2.45, 2.75) is 74.0 Å². The Morgan fingerprint density at radius 2 is 1.03 bits per heavy atom. The van der Waals surface area contributed by atoms with E-state index < -0.39 is 59.3 Å². The molecule has 2 nitrogen and oxygen atoms in total. The molecule has 0 spiro atoms. The first-order valence-corrected chi connectivity index (χ1v) is 9.93. The third-order valence-electron chi connectivity index (χ3n) is 5.34. The molecule has 1 atom stereocenters. The van der Waals surface area contributed by atoms with Crippen molar-refractivity contribution in [3.05, 3.63) is 29.8 Å². The molecule has 1 aromatic carbocycles. The summed E-state index contributed by atoms with van der Waals surface area (Å²) in [5.74, 6) is -46.7. The van der Waals surface area contributed by atoms with E-state index in [4.69, 9.17) is 4.74 Å². The van der Waals surface area contributed by atoms with Gasteiger partial charge in [0, 0.05) is 7.11 Å². The van der Waals surface area contributed by atoms with E-state index in [2.05, 4.69) is 4.74 Å². The third-order valence-corrected chi connectivity index (χ3v) is 5.34. The van der Waals surface area contributed by atoms with Crippen LogP contribution < -0.4 is 4.74 Å². The van der Waals surface area contributed by atoms with Gasteiger partial charge in [0.2, 0.25) is 0 Å². The van der Waals surface area contributed by atoms with E-state index in [1.165, 1.54) is 0 Å². The van der Waals surface area contributed by atoms with Crippen molar-refractivity contribution in [2.75, 3.05) is 13.7 Å². The molecule has 0 aliphatic carbocycles. The maximum absolute atomic E-state index is 14.4. The molecule has 0 N–H and O–H groups in total. The summed E-state index contributed by atoms with van der Waals surface area (Å²) >= 11 is 0. The molecule has 0 saturated carbocycles. The molecule has 0 bridgehead atoms. The molecule has 216 valence electrons. The zero-order chi connectivity index (χ0) is 29.5. The van der Waals surface area contributed by atoms with Crippen LogP contribution >= 0.6 is 0 Å². The topological polar surface area (TPSA) is 18.5 Å². The van der Waals surface area contributed by atoms with Gasteiger partial charge in [0.05, 0.1) is 18.6 Å². The molecule has 17 heteroatoms. The summed E-state index contributed by atoms with van der Waals surface area (Å²) in [4.78, 5) is 0. The molecule has 0 amide bonds. The highest BCUT2D eigenvalue weighted by Crippen LogP contribution is 2.63. The first kappa shape index (κ1) is 33.0. The number of halogens is 15. The average molecular weight is 576 g/mol. The predicted molar refractivity (Wildman–Crippen MR) is 96.9 cm³/mol. The Balaban J connectivity index is 3.50. The van der Waals surface area contributed by atoms with E-state index in [0.29, 0.717) is 20.5 Å². The smallest absolute Gasteiger partial charge is 0.460 e. The molecule has 1 unspecified atom stereocenters. The second-order valence-electron chi connectivity index (χ2n) is 8.06. The van der Waals surface area contributed by atoms with E-state index in [9.17, 15) is 65.9 Å². The number of hydrogen-bond acceptors (Lipinski definition) is 2. The minimum absolute atomic E-state index is 0.125. The molecule has 0 fully saturated rings. The Hall–Kier alpha value is -2.07. The van der Waals surface area contributed by atoms with Crippen LogP contribution in [0.1, 0.15) is 32.3 Å². The van der Waals surface area contributed by atoms with Crippen LogP contribution in [0.5, 0.6) is 5.75 Å². The standard InChI is InChI=1S/C20H19F15O2/c1-4-9-37-12-7-5-11(6-8-12)13(2,36-3)10-14(21,22)15(23,24)16(25,26)17(27,28)18(29,30)19(31,32)20(33,34)35/h5-8H,4,9-10H2,1-3H3. The predicted octanol–water partition coefficient (Wildman–Crippen LogP) is 8.10. The number of rotatable bonds is 12. The van der Waals surface area contributed by atoms with Gasteiger partial charge in [-0.2, -0.15) is 65.9 Å². The fraction of sp³-hybridized carbons (Fsp3) is 0.700. The summed E-state index contributed by atoms with van der Waals surface area (Å²) in [5, 5.41) is 0. The molecular weight excluding hydrogens is 557 g/mol. The van der Waals surface area contributed by atoms with Crippen molar-refractivity contribution in [3.63, 3.8) is 0 Å². The summed E-state index contributed by atoms with van der Waals surface area (Å²) in [5.41, 5.74) is -3.18. The van der Waals surface area contributed by atoms with Gasteiger partial charge in [-0.25, -0.2) is 0 Å². The Kier molecular flexibility index (Phi) is 8.83. The van der Waals surface area contributed by atoms with Gasteiger partial charge in [-0.15, -0.1) is 0 Å². The minimum Gasteiger partial charge on any atom is -0.494 e. The van der Waals surface area contributed by atoms with Crippen LogP contribution in [-0.2, 0) is 10.3 Å². The highest BCUT2D eigenvalue weighted by molar-refractivity contribution is 5.31. The maximum Gasteiger partial charge on any atom is 0.460 e. The SMILES string of the molecule is CCCOc1ccc(C(C)(CC(F)(F)C(F)(F)C(F)(F)C(F)(F)C(F)(F)C(F)(F)C(F)(F)F)OC)cc1. The van der Waals surface area contributed by atoms with Crippen LogP contribution in [0.15, 0.2) is 24.3 Å². The highest BCUT2D eigenvalue weighted by Gasteiger charge is 2.93. The summed E-state index contributed by atoms with van der Waals surface area (Å²) < 4.78 is 211. The van der Waals surface area contributed by atoms with Crippen molar-refractivity contribution in [1.29, 1.82) is 0 Å². The molecule has 0 aliphatic heterocycles. The Bertz CT molecular complexity index is 909. The largest absolute Gasteiger partial charge is 0.494 e. The van der Waals surface area contributed by atoms with E-state index in [0.717, 1.165) is 24.3 Å². The van der Waals surface area contributed by atoms with Gasteiger partial charge in [0.1, 0.15) is 5.75 Å². The molecule has 37 heavy (non-hydrogen) atoms. The molecule has 0 heterocycles. The summed E-state index contributed by atoms with van der Waals surface area (Å²) in [7, 11) is 0.598. The maximum atomic E-state index is 14.4. The lowest BCUT2D eigenvalue weighted by Crippen LogP contribution is -2.72. The molecule has 0 aromatic heterocycles. The van der Waals surface area contributed by atoms with Crippen LogP contribution in [0.4, 0.5) is 65.9 Å². The van der Waals surface area contributed by atoms with Gasteiger partial charge in [-0.05, 0) is 31.0 Å². The van der Waals surface area contributed by atoms with Crippen LogP contribution in [0.3, 0.4) is 0 Å². The Labute approximate surface area is 199 Å². The lowest BCUT2D eigenvalue weighted by Gasteiger charge is -2.43. The fourth-order valence-corrected chi connectivity index (χ4v) is 2.95. The first-order chi connectivity index (χ1) is 16.3. The van der Waals surface area contributed by atoms with E-state index in [-0.39, 0.29) is 12.4 Å². The molecule has 0 radical (unpaired) electrons. The third kappa shape index (κ3) is 5.28. The van der Waals surface area contributed by atoms with Gasteiger partial charge in [0.25, 0.3) is 0 Å². The zero-order valence-corrected chi connectivity index (χ0v) is 18.9. The van der Waals surface area contributed by atoms with Gasteiger partial charge >= 0.3 is 41.7 Å². The summed E-state index contributed by atoms with van der Waals surface area (Å²) in [6.07, 6.45) is -9.74. The van der Waals surface area contributed by atoms with Crippen molar-refractivity contribution in [1.82, 2.24) is 0 Å². The normalized spacial score (nSPS) is 16.5. The van der Waals surface area contributed by atoms with E-state index in [1.54, 1.807) is 6.92 Å². The second kappa shape index (κ2) is 9.91. The number of alkyl halides is 15. The van der Waals surface area contributed by atoms with Gasteiger partial charge < -0.3 is 9.47 Å². The first-order valence-electron chi connectivity index (χ1n) is 9.93. The Morgan fingerprint density at radius 1 is 0.622 bits per heavy atom. The van der Waals surface area contributed by atoms with Crippen LogP contribution in [0, 0.1) is 0 Å². The highest BCUT2D eigenvalue weighted by atomic mass is 19.4. The lowest BCUT2D eigenvalue weighted by molar-refractivity contribution is -0.453. The molecule has 1 rings (SSSR count). The van der Waals surface area contributed by atoms with Crippen LogP contribution in [0.25, 0.3) is 0 Å². The van der Waals surface area contributed by atoms with E-state index in [1.807, 2.05) is 0 Å². The van der Waals surface area contributed by atoms with Crippen molar-refractivity contribution in [3.8, 4) is 5.75 Å². The van der Waals surface area contributed by atoms with Gasteiger partial charge in [-0.1, -0.05) is 19.1 Å². The number of hydrogen-bond donors (Lipinski definition) is 0. The number of ether oxygens (including phenoxy) is 2. The van der Waals surface area contributed by atoms with Crippen molar-refractivity contribution < 1.29 is 75.3 Å². The fourth-order valence-electron chi connectivity index (χ4n) is 2.95. The molecule has 1 aromatic rings. The zero-order valence-electron chi connectivity index (χ0n) is 18.9. The summed E-state index contributed by atoms with van der Waals surface area (Å²) in [6, 6.07) is 4.04. The second-order valence-corrected chi connectivity index (χ2v) is 8.06. The monoisotopic (exact) mass is 576 g/mol. The quantitative estimate of drug-likeness (QED) is 0.234. The number of benzene rings is 1. The molecule has 0 aliphatic rings. The molecular formula is C20H19F15O2. The van der Waals surface area contributed by atoms with Crippen LogP contribution in [-0.4, -0.2) is 55.4 Å². The van der Waals surface area contributed by atoms with E-state index >= 15 is 0 Å². The lowest BCUT2D eigenvalue weighted by atomic mass is 9.83. The van der Waals surface area contributed by atoms with Crippen molar-refractivity contribution >= 4 is 0 Å². The minimum atomic E-state index is -8.33. The number of methoxy groups -OCH3 is 1. The summed E-state index contributed by atoms with van der Waals surface area (Å²) in [6.45, 7) is 2.49. The van der Waals surface area contributed by atoms with Gasteiger partial charge in [-0.3, -0.25) is 0 Å². The molecule has 0 saturated heterocycles.